The van der Waals surface area contributed by atoms with Crippen LogP contribution in [0.1, 0.15) is 24.1 Å². The number of hydrogen-bond acceptors (Lipinski definition) is 7. The Hall–Kier alpha value is -3.82. The van der Waals surface area contributed by atoms with Crippen molar-refractivity contribution < 1.29 is 19.1 Å². The first kappa shape index (κ1) is 19.9. The van der Waals surface area contributed by atoms with Gasteiger partial charge in [0.1, 0.15) is 6.42 Å². The predicted octanol–water partition coefficient (Wildman–Crippen LogP) is 1.42. The average molecular weight is 396 g/mol. The Kier molecular flexibility index (Phi) is 5.82. The van der Waals surface area contributed by atoms with Crippen LogP contribution in [0.4, 0.5) is 11.4 Å². The van der Waals surface area contributed by atoms with Crippen LogP contribution < -0.4 is 10.6 Å². The molecule has 150 valence electrons. The number of fused-ring (bicyclic) bond motifs is 1. The second-order valence-electron chi connectivity index (χ2n) is 6.42. The van der Waals surface area contributed by atoms with Gasteiger partial charge in [0.25, 0.3) is 11.7 Å². The number of nitrogens with zero attached hydrogens (tertiary/aromatic N) is 4. The van der Waals surface area contributed by atoms with E-state index >= 15 is 0 Å². The highest BCUT2D eigenvalue weighted by atomic mass is 16.5. The highest BCUT2D eigenvalue weighted by Crippen LogP contribution is 2.13. The maximum Gasteiger partial charge on any atom is 0.314 e. The van der Waals surface area contributed by atoms with E-state index < -0.39 is 18.5 Å². The van der Waals surface area contributed by atoms with E-state index in [-0.39, 0.29) is 18.2 Å². The Morgan fingerprint density at radius 2 is 1.69 bits per heavy atom. The SMILES string of the molecule is CC(=O)Nc1ccc(NC(=O)COC(=O)Cc2nc3nc(C)cc(C)n3n2)cc1. The molecule has 0 aliphatic heterocycles. The van der Waals surface area contributed by atoms with Gasteiger partial charge in [0, 0.05) is 29.7 Å². The van der Waals surface area contributed by atoms with E-state index in [0.29, 0.717) is 17.2 Å². The summed E-state index contributed by atoms with van der Waals surface area (Å²) in [6.45, 7) is 4.69. The number of hydrogen-bond donors (Lipinski definition) is 2. The molecule has 2 amide bonds. The van der Waals surface area contributed by atoms with Crippen LogP contribution in [0.5, 0.6) is 0 Å². The van der Waals surface area contributed by atoms with Crippen LogP contribution in [0.2, 0.25) is 0 Å². The van der Waals surface area contributed by atoms with Crippen LogP contribution in [0.15, 0.2) is 30.3 Å². The molecular formula is C19H20N6O4. The fraction of sp³-hybridized carbons (Fsp3) is 0.263. The van der Waals surface area contributed by atoms with Gasteiger partial charge in [0.15, 0.2) is 12.4 Å². The molecule has 2 heterocycles. The summed E-state index contributed by atoms with van der Waals surface area (Å²) < 4.78 is 6.54. The molecule has 0 aliphatic rings. The lowest BCUT2D eigenvalue weighted by molar-refractivity contribution is -0.146. The number of amides is 2. The van der Waals surface area contributed by atoms with Gasteiger partial charge in [-0.1, -0.05) is 0 Å². The summed E-state index contributed by atoms with van der Waals surface area (Å²) in [7, 11) is 0. The van der Waals surface area contributed by atoms with E-state index in [1.807, 2.05) is 19.9 Å². The average Bonchev–Trinajstić information content (AvgIpc) is 3.04. The summed E-state index contributed by atoms with van der Waals surface area (Å²) in [4.78, 5) is 43.4. The quantitative estimate of drug-likeness (QED) is 0.603. The van der Waals surface area contributed by atoms with Crippen LogP contribution in [-0.2, 0) is 25.5 Å². The summed E-state index contributed by atoms with van der Waals surface area (Å²) in [5, 5.41) is 9.46. The van der Waals surface area contributed by atoms with Gasteiger partial charge in [-0.2, -0.15) is 4.98 Å². The normalized spacial score (nSPS) is 10.6. The molecule has 0 saturated heterocycles. The lowest BCUT2D eigenvalue weighted by Crippen LogP contribution is -2.21. The number of anilines is 2. The molecule has 2 N–H and O–H groups in total. The lowest BCUT2D eigenvalue weighted by atomic mass is 10.2. The van der Waals surface area contributed by atoms with Gasteiger partial charge in [-0.25, -0.2) is 9.50 Å². The van der Waals surface area contributed by atoms with Gasteiger partial charge >= 0.3 is 5.97 Å². The number of carbonyl (C=O) groups excluding carboxylic acids is 3. The van der Waals surface area contributed by atoms with E-state index in [9.17, 15) is 14.4 Å². The number of benzene rings is 1. The minimum atomic E-state index is -0.619. The van der Waals surface area contributed by atoms with Gasteiger partial charge in [0.05, 0.1) is 0 Å². The van der Waals surface area contributed by atoms with E-state index in [0.717, 1.165) is 11.4 Å². The Balaban J connectivity index is 1.50. The smallest absolute Gasteiger partial charge is 0.314 e. The Morgan fingerprint density at radius 3 is 2.34 bits per heavy atom. The molecular weight excluding hydrogens is 376 g/mol. The fourth-order valence-electron chi connectivity index (χ4n) is 2.65. The zero-order valence-electron chi connectivity index (χ0n) is 16.2. The molecule has 0 atom stereocenters. The number of nitrogens with one attached hydrogen (secondary N) is 2. The van der Waals surface area contributed by atoms with Crippen molar-refractivity contribution in [1.82, 2.24) is 19.6 Å². The Labute approximate surface area is 166 Å². The Morgan fingerprint density at radius 1 is 1.03 bits per heavy atom. The number of esters is 1. The molecule has 0 fully saturated rings. The zero-order chi connectivity index (χ0) is 21.0. The molecule has 0 bridgehead atoms. The van der Waals surface area contributed by atoms with Crippen molar-refractivity contribution in [3.63, 3.8) is 0 Å². The number of rotatable bonds is 6. The third-order valence-corrected chi connectivity index (χ3v) is 3.82. The van der Waals surface area contributed by atoms with E-state index in [2.05, 4.69) is 25.7 Å². The molecule has 0 unspecified atom stereocenters. The molecule has 10 nitrogen and oxygen atoms in total. The number of aromatic nitrogens is 4. The van der Waals surface area contributed by atoms with E-state index in [1.165, 1.54) is 6.92 Å². The van der Waals surface area contributed by atoms with Crippen LogP contribution in [0.25, 0.3) is 5.78 Å². The lowest BCUT2D eigenvalue weighted by Gasteiger charge is -2.07. The molecule has 0 aliphatic carbocycles. The van der Waals surface area contributed by atoms with Gasteiger partial charge in [-0.15, -0.1) is 5.10 Å². The first-order chi connectivity index (χ1) is 13.8. The van der Waals surface area contributed by atoms with Crippen molar-refractivity contribution in [2.45, 2.75) is 27.2 Å². The van der Waals surface area contributed by atoms with Gasteiger partial charge in [-0.05, 0) is 44.2 Å². The van der Waals surface area contributed by atoms with Crippen molar-refractivity contribution >= 4 is 34.9 Å². The van der Waals surface area contributed by atoms with Gasteiger partial charge in [0.2, 0.25) is 5.91 Å². The highest BCUT2D eigenvalue weighted by Gasteiger charge is 2.14. The Bertz CT molecular complexity index is 1070. The molecule has 10 heteroatoms. The molecule has 29 heavy (non-hydrogen) atoms. The summed E-state index contributed by atoms with van der Waals surface area (Å²) in [6, 6.07) is 8.41. The van der Waals surface area contributed by atoms with Gasteiger partial charge in [-0.3, -0.25) is 14.4 Å². The van der Waals surface area contributed by atoms with Crippen molar-refractivity contribution in [1.29, 1.82) is 0 Å². The van der Waals surface area contributed by atoms with Crippen LogP contribution >= 0.6 is 0 Å². The van der Waals surface area contributed by atoms with Crippen LogP contribution in [0, 0.1) is 13.8 Å². The minimum absolute atomic E-state index is 0.166. The van der Waals surface area contributed by atoms with E-state index in [1.54, 1.807) is 28.8 Å². The summed E-state index contributed by atoms with van der Waals surface area (Å²) in [6.07, 6.45) is -0.166. The number of carbonyl (C=O) groups is 3. The molecule has 3 aromatic rings. The summed E-state index contributed by atoms with van der Waals surface area (Å²) in [5.41, 5.74) is 2.78. The zero-order valence-corrected chi connectivity index (χ0v) is 16.2. The molecule has 3 rings (SSSR count). The fourth-order valence-corrected chi connectivity index (χ4v) is 2.65. The van der Waals surface area contributed by atoms with Crippen LogP contribution in [0.3, 0.4) is 0 Å². The van der Waals surface area contributed by atoms with Gasteiger partial charge < -0.3 is 15.4 Å². The number of aryl methyl sites for hydroxylation is 2. The first-order valence-corrected chi connectivity index (χ1v) is 8.83. The monoisotopic (exact) mass is 396 g/mol. The minimum Gasteiger partial charge on any atom is -0.455 e. The molecule has 0 spiro atoms. The largest absolute Gasteiger partial charge is 0.455 e. The highest BCUT2D eigenvalue weighted by molar-refractivity contribution is 5.93. The number of ether oxygens (including phenoxy) is 1. The predicted molar refractivity (Wildman–Crippen MR) is 104 cm³/mol. The third kappa shape index (κ3) is 5.34. The second kappa shape index (κ2) is 8.46. The maximum absolute atomic E-state index is 12.0. The van der Waals surface area contributed by atoms with Crippen LogP contribution in [-0.4, -0.2) is 44.0 Å². The van der Waals surface area contributed by atoms with Crippen molar-refractivity contribution in [3.8, 4) is 0 Å². The summed E-state index contributed by atoms with van der Waals surface area (Å²) >= 11 is 0. The topological polar surface area (TPSA) is 128 Å². The maximum atomic E-state index is 12.0. The van der Waals surface area contributed by atoms with Crippen molar-refractivity contribution in [2.24, 2.45) is 0 Å². The van der Waals surface area contributed by atoms with Crippen molar-refractivity contribution in [2.75, 3.05) is 17.2 Å². The van der Waals surface area contributed by atoms with E-state index in [4.69, 9.17) is 4.74 Å². The molecule has 1 aromatic carbocycles. The summed E-state index contributed by atoms with van der Waals surface area (Å²) in [5.74, 6) is -0.612. The first-order valence-electron chi connectivity index (χ1n) is 8.83. The molecule has 0 radical (unpaired) electrons. The van der Waals surface area contributed by atoms with Crippen molar-refractivity contribution in [3.05, 3.63) is 47.5 Å². The third-order valence-electron chi connectivity index (χ3n) is 3.82. The molecule has 0 saturated carbocycles. The standard InChI is InChI=1S/C19H20N6O4/c1-11-8-12(2)25-19(20-11)23-16(24-25)9-18(28)29-10-17(27)22-15-6-4-14(5-7-15)21-13(3)26/h4-8H,9-10H2,1-3H3,(H,21,26)(H,22,27). The molecule has 2 aromatic heterocycles. The second-order valence-corrected chi connectivity index (χ2v) is 6.42.